The molecule has 0 bridgehead atoms. The molecule has 1 N–H and O–H groups in total. The average molecular weight is 329 g/mol. The van der Waals surface area contributed by atoms with Gasteiger partial charge in [-0.15, -0.1) is 0 Å². The van der Waals surface area contributed by atoms with Crippen molar-refractivity contribution in [2.45, 2.75) is 51.0 Å². The summed E-state index contributed by atoms with van der Waals surface area (Å²) in [5.41, 5.74) is 2.32. The normalized spacial score (nSPS) is 20.0. The molecule has 1 aliphatic carbocycles. The molecule has 2 aliphatic rings. The highest BCUT2D eigenvalue weighted by molar-refractivity contribution is 5.84. The quantitative estimate of drug-likeness (QED) is 0.911. The Labute approximate surface area is 143 Å². The molecule has 2 aromatic rings. The summed E-state index contributed by atoms with van der Waals surface area (Å²) in [4.78, 5) is 2.34. The first-order valence-corrected chi connectivity index (χ1v) is 9.37. The lowest BCUT2D eigenvalue weighted by atomic mass is 9.96. The fourth-order valence-corrected chi connectivity index (χ4v) is 4.02. The predicted octanol–water partition coefficient (Wildman–Crippen LogP) is 3.54. The molecule has 4 rings (SSSR count). The van der Waals surface area contributed by atoms with E-state index in [1.165, 1.54) is 43.1 Å². The molecular weight excluding hydrogens is 302 g/mol. The molecular formula is C20H27NO3. The highest BCUT2D eigenvalue weighted by Crippen LogP contribution is 2.33. The van der Waals surface area contributed by atoms with E-state index in [4.69, 9.17) is 9.15 Å². The van der Waals surface area contributed by atoms with Gasteiger partial charge >= 0.3 is 0 Å². The summed E-state index contributed by atoms with van der Waals surface area (Å²) < 4.78 is 11.8. The van der Waals surface area contributed by atoms with Gasteiger partial charge in [-0.1, -0.05) is 6.42 Å². The van der Waals surface area contributed by atoms with E-state index in [0.29, 0.717) is 13.2 Å². The molecule has 1 atom stereocenters. The van der Waals surface area contributed by atoms with Crippen molar-refractivity contribution in [1.82, 2.24) is 4.90 Å². The molecule has 1 saturated heterocycles. The van der Waals surface area contributed by atoms with Crippen molar-refractivity contribution in [2.75, 3.05) is 26.2 Å². The number of piperidine rings is 1. The van der Waals surface area contributed by atoms with Crippen LogP contribution in [0.15, 0.2) is 22.6 Å². The van der Waals surface area contributed by atoms with Crippen molar-refractivity contribution in [3.8, 4) is 5.75 Å². The first-order chi connectivity index (χ1) is 11.8. The van der Waals surface area contributed by atoms with Crippen LogP contribution in [0.5, 0.6) is 5.75 Å². The van der Waals surface area contributed by atoms with Crippen molar-refractivity contribution >= 4 is 11.0 Å². The van der Waals surface area contributed by atoms with Crippen LogP contribution < -0.4 is 4.74 Å². The van der Waals surface area contributed by atoms with Crippen LogP contribution in [0, 0.1) is 0 Å². The van der Waals surface area contributed by atoms with E-state index in [1.807, 2.05) is 12.1 Å². The summed E-state index contributed by atoms with van der Waals surface area (Å²) >= 11 is 0. The maximum absolute atomic E-state index is 10.2. The van der Waals surface area contributed by atoms with Crippen molar-refractivity contribution in [1.29, 1.82) is 0 Å². The fourth-order valence-electron chi connectivity index (χ4n) is 4.02. The molecule has 4 nitrogen and oxygen atoms in total. The summed E-state index contributed by atoms with van der Waals surface area (Å²) in [6, 6.07) is 6.03. The van der Waals surface area contributed by atoms with Gasteiger partial charge in [0.1, 0.15) is 29.8 Å². The Morgan fingerprint density at radius 1 is 1.08 bits per heavy atom. The lowest BCUT2D eigenvalue weighted by Gasteiger charge is -2.28. The maximum atomic E-state index is 10.2. The van der Waals surface area contributed by atoms with E-state index in [-0.39, 0.29) is 0 Å². The van der Waals surface area contributed by atoms with Crippen LogP contribution in [0.1, 0.15) is 43.4 Å². The third kappa shape index (κ3) is 3.45. The number of hydrogen-bond acceptors (Lipinski definition) is 4. The minimum absolute atomic E-state index is 0.349. The summed E-state index contributed by atoms with van der Waals surface area (Å²) in [5, 5.41) is 11.4. The number of nitrogens with zero attached hydrogens (tertiary/aromatic N) is 1. The number of rotatable bonds is 5. The smallest absolute Gasteiger partial charge is 0.134 e. The molecule has 1 fully saturated rings. The minimum Gasteiger partial charge on any atom is -0.491 e. The van der Waals surface area contributed by atoms with Crippen LogP contribution in [0.25, 0.3) is 11.0 Å². The van der Waals surface area contributed by atoms with Gasteiger partial charge in [0.05, 0.1) is 0 Å². The van der Waals surface area contributed by atoms with Gasteiger partial charge in [0.15, 0.2) is 0 Å². The van der Waals surface area contributed by atoms with Gasteiger partial charge in [0.25, 0.3) is 0 Å². The van der Waals surface area contributed by atoms with Gasteiger partial charge in [-0.2, -0.15) is 0 Å². The molecule has 1 unspecified atom stereocenters. The molecule has 1 aromatic carbocycles. The Morgan fingerprint density at radius 3 is 2.79 bits per heavy atom. The summed E-state index contributed by atoms with van der Waals surface area (Å²) in [6.07, 6.45) is 7.99. The fraction of sp³-hybridized carbons (Fsp3) is 0.600. The molecule has 24 heavy (non-hydrogen) atoms. The number of furan rings is 1. The molecule has 0 amide bonds. The van der Waals surface area contributed by atoms with Gasteiger partial charge in [-0.05, 0) is 63.4 Å². The van der Waals surface area contributed by atoms with Crippen molar-refractivity contribution in [3.63, 3.8) is 0 Å². The topological polar surface area (TPSA) is 45.8 Å². The van der Waals surface area contributed by atoms with Crippen LogP contribution in [0.3, 0.4) is 0 Å². The summed E-state index contributed by atoms with van der Waals surface area (Å²) in [6.45, 7) is 3.26. The van der Waals surface area contributed by atoms with E-state index < -0.39 is 6.10 Å². The van der Waals surface area contributed by atoms with Crippen LogP contribution in [0.2, 0.25) is 0 Å². The average Bonchev–Trinajstić information content (AvgIpc) is 2.99. The number of ether oxygens (including phenoxy) is 1. The molecule has 130 valence electrons. The number of aliphatic hydroxyl groups excluding tert-OH is 1. The molecule has 0 spiro atoms. The van der Waals surface area contributed by atoms with Crippen LogP contribution in [0.4, 0.5) is 0 Å². The first-order valence-electron chi connectivity index (χ1n) is 9.37. The van der Waals surface area contributed by atoms with Crippen molar-refractivity contribution < 1.29 is 14.3 Å². The molecule has 1 aliphatic heterocycles. The van der Waals surface area contributed by atoms with Gasteiger partial charge in [-0.3, -0.25) is 0 Å². The molecule has 4 heteroatoms. The molecule has 0 saturated carbocycles. The number of β-amino-alcohol motifs (C(OH)–C–C–N with tert-alkyl or cyclic N) is 1. The summed E-state index contributed by atoms with van der Waals surface area (Å²) in [7, 11) is 0. The van der Waals surface area contributed by atoms with Gasteiger partial charge < -0.3 is 19.2 Å². The second-order valence-corrected chi connectivity index (χ2v) is 7.19. The summed E-state index contributed by atoms with van der Waals surface area (Å²) in [5.74, 6) is 1.98. The van der Waals surface area contributed by atoms with E-state index in [9.17, 15) is 5.11 Å². The predicted molar refractivity (Wildman–Crippen MR) is 94.6 cm³/mol. The number of likely N-dealkylation sites (tertiary alicyclic amines) is 1. The zero-order valence-electron chi connectivity index (χ0n) is 14.3. The Balaban J connectivity index is 1.39. The lowest BCUT2D eigenvalue weighted by Crippen LogP contribution is -2.38. The van der Waals surface area contributed by atoms with Gasteiger partial charge in [-0.25, -0.2) is 0 Å². The highest BCUT2D eigenvalue weighted by Gasteiger charge is 2.19. The standard InChI is InChI=1S/C20H27NO3/c22-15(13-21-10-4-1-5-11-21)14-23-16-8-9-20-18(12-16)17-6-2-3-7-19(17)24-20/h8-9,12,15,22H,1-7,10-11,13-14H2. The molecule has 1 aromatic heterocycles. The Hall–Kier alpha value is -1.52. The number of benzene rings is 1. The highest BCUT2D eigenvalue weighted by atomic mass is 16.5. The number of aryl methyl sites for hydroxylation is 2. The maximum Gasteiger partial charge on any atom is 0.134 e. The second-order valence-electron chi connectivity index (χ2n) is 7.19. The van der Waals surface area contributed by atoms with Gasteiger partial charge in [0, 0.05) is 23.9 Å². The number of aliphatic hydroxyl groups is 1. The van der Waals surface area contributed by atoms with E-state index in [1.54, 1.807) is 0 Å². The molecule has 2 heterocycles. The van der Waals surface area contributed by atoms with Gasteiger partial charge in [0.2, 0.25) is 0 Å². The molecule has 0 radical (unpaired) electrons. The van der Waals surface area contributed by atoms with Crippen LogP contribution in [-0.4, -0.2) is 42.4 Å². The van der Waals surface area contributed by atoms with Crippen molar-refractivity contribution in [3.05, 3.63) is 29.5 Å². The number of hydrogen-bond donors (Lipinski definition) is 1. The minimum atomic E-state index is -0.433. The van der Waals surface area contributed by atoms with E-state index in [0.717, 1.165) is 43.0 Å². The van der Waals surface area contributed by atoms with E-state index in [2.05, 4.69) is 11.0 Å². The first kappa shape index (κ1) is 16.0. The van der Waals surface area contributed by atoms with Crippen molar-refractivity contribution in [2.24, 2.45) is 0 Å². The third-order valence-corrected chi connectivity index (χ3v) is 5.29. The number of fused-ring (bicyclic) bond motifs is 3. The second kappa shape index (κ2) is 7.16. The third-order valence-electron chi connectivity index (χ3n) is 5.29. The van der Waals surface area contributed by atoms with E-state index >= 15 is 0 Å². The van der Waals surface area contributed by atoms with Crippen LogP contribution >= 0.6 is 0 Å². The Kier molecular flexibility index (Phi) is 4.76. The zero-order valence-corrected chi connectivity index (χ0v) is 14.3. The lowest BCUT2D eigenvalue weighted by molar-refractivity contribution is 0.0617. The Bertz CT molecular complexity index is 687. The monoisotopic (exact) mass is 329 g/mol. The van der Waals surface area contributed by atoms with Crippen LogP contribution in [-0.2, 0) is 12.8 Å². The zero-order chi connectivity index (χ0) is 16.4. The largest absolute Gasteiger partial charge is 0.491 e. The Morgan fingerprint density at radius 2 is 1.92 bits per heavy atom. The SMILES string of the molecule is OC(COc1ccc2oc3c(c2c1)CCCC3)CN1CCCCC1.